The zero-order chi connectivity index (χ0) is 25.3. The molecule has 4 heteroatoms. The van der Waals surface area contributed by atoms with Crippen LogP contribution in [0.25, 0.3) is 0 Å². The molecule has 1 aliphatic rings. The van der Waals surface area contributed by atoms with Gasteiger partial charge in [-0.3, -0.25) is 0 Å². The Morgan fingerprint density at radius 3 is 1.57 bits per heavy atom. The summed E-state index contributed by atoms with van der Waals surface area (Å²) in [6.45, 7) is -3.64. The van der Waals surface area contributed by atoms with Gasteiger partial charge in [0, 0.05) is 0 Å². The van der Waals surface area contributed by atoms with Crippen molar-refractivity contribution in [2.24, 2.45) is 0 Å². The summed E-state index contributed by atoms with van der Waals surface area (Å²) < 4.78 is 12.6. The summed E-state index contributed by atoms with van der Waals surface area (Å²) in [5.41, 5.74) is 2.65. The van der Waals surface area contributed by atoms with Gasteiger partial charge >= 0.3 is 218 Å². The molecule has 3 nitrogen and oxygen atoms in total. The number of carbonyl (C=O) groups is 1. The Morgan fingerprint density at radius 2 is 1.08 bits per heavy atom. The van der Waals surface area contributed by atoms with Crippen molar-refractivity contribution < 1.29 is 14.1 Å². The van der Waals surface area contributed by atoms with Crippen LogP contribution in [0.5, 0.6) is 0 Å². The fourth-order valence-corrected chi connectivity index (χ4v) is 11.9. The summed E-state index contributed by atoms with van der Waals surface area (Å²) in [5, 5.41) is 4.69. The summed E-state index contributed by atoms with van der Waals surface area (Å²) in [7, 11) is 1.40. The van der Waals surface area contributed by atoms with Crippen LogP contribution in [0.2, 0.25) is 0 Å². The van der Waals surface area contributed by atoms with Crippen LogP contribution in [0, 0.1) is 0 Å². The first kappa shape index (κ1) is 23.4. The van der Waals surface area contributed by atoms with Gasteiger partial charge in [-0.2, -0.15) is 0 Å². The Bertz CT molecular complexity index is 1450. The van der Waals surface area contributed by atoms with Crippen LogP contribution < -0.4 is 21.2 Å². The van der Waals surface area contributed by atoms with Crippen LogP contribution >= 0.6 is 6.83 Å². The molecule has 0 saturated carbocycles. The van der Waals surface area contributed by atoms with E-state index in [1.165, 1.54) is 12.4 Å². The second kappa shape index (κ2) is 9.12. The van der Waals surface area contributed by atoms with E-state index in [4.69, 9.17) is 9.26 Å². The molecular weight excluding hydrogens is 475 g/mol. The molecule has 182 valence electrons. The van der Waals surface area contributed by atoms with Gasteiger partial charge in [0.2, 0.25) is 0 Å². The van der Waals surface area contributed by atoms with Crippen LogP contribution in [0.15, 0.2) is 140 Å². The SMILES string of the molecule is COC(=O)c1ccc([C@@H]2OP(c3ccccc3)(c3ccccc3)(c3ccccc3)c3ccccc32)cc1. The van der Waals surface area contributed by atoms with E-state index < -0.39 is 6.83 Å². The van der Waals surface area contributed by atoms with E-state index in [2.05, 4.69) is 115 Å². The van der Waals surface area contributed by atoms with Crippen molar-refractivity contribution in [3.05, 3.63) is 156 Å². The summed E-state index contributed by atoms with van der Waals surface area (Å²) in [6, 6.07) is 48.2. The van der Waals surface area contributed by atoms with E-state index in [9.17, 15) is 4.79 Å². The zero-order valence-corrected chi connectivity index (χ0v) is 21.4. The minimum absolute atomic E-state index is 0.318. The van der Waals surface area contributed by atoms with Crippen molar-refractivity contribution >= 4 is 34.0 Å². The maximum absolute atomic E-state index is 12.1. The predicted molar refractivity (Wildman–Crippen MR) is 152 cm³/mol. The van der Waals surface area contributed by atoms with Gasteiger partial charge in [0.15, 0.2) is 0 Å². The summed E-state index contributed by atoms with van der Waals surface area (Å²) in [4.78, 5) is 12.1. The second-order valence-corrected chi connectivity index (χ2v) is 13.5. The van der Waals surface area contributed by atoms with Gasteiger partial charge in [-0.25, -0.2) is 0 Å². The number of ether oxygens (including phenoxy) is 1. The molecule has 37 heavy (non-hydrogen) atoms. The van der Waals surface area contributed by atoms with E-state index in [0.717, 1.165) is 27.0 Å². The molecule has 0 fully saturated rings. The number of carbonyl (C=O) groups excluding carboxylic acids is 1. The second-order valence-electron chi connectivity index (χ2n) is 9.20. The number of benzene rings is 5. The van der Waals surface area contributed by atoms with Crippen molar-refractivity contribution in [3.63, 3.8) is 0 Å². The molecule has 0 saturated heterocycles. The molecule has 5 aromatic rings. The number of fused-ring (bicyclic) bond motifs is 1. The van der Waals surface area contributed by atoms with Crippen LogP contribution in [0.4, 0.5) is 0 Å². The Labute approximate surface area is 217 Å². The van der Waals surface area contributed by atoms with E-state index in [0.29, 0.717) is 5.56 Å². The summed E-state index contributed by atoms with van der Waals surface area (Å²) in [6.07, 6.45) is -0.318. The van der Waals surface area contributed by atoms with Gasteiger partial charge < -0.3 is 0 Å². The Hall–Kier alpha value is -4.04. The normalized spacial score (nSPS) is 18.2. The van der Waals surface area contributed by atoms with Gasteiger partial charge in [0.25, 0.3) is 0 Å². The molecule has 6 rings (SSSR count). The van der Waals surface area contributed by atoms with Crippen LogP contribution in [0.1, 0.15) is 27.6 Å². The number of esters is 1. The number of rotatable bonds is 5. The van der Waals surface area contributed by atoms with Crippen molar-refractivity contribution in [1.82, 2.24) is 0 Å². The number of hydrogen-bond donors (Lipinski definition) is 0. The number of methoxy groups -OCH3 is 1. The molecule has 0 radical (unpaired) electrons. The Balaban J connectivity index is 1.71. The third kappa shape index (κ3) is 3.32. The van der Waals surface area contributed by atoms with E-state index in [1.807, 2.05) is 24.3 Å². The minimum atomic E-state index is -3.64. The standard InChI is InChI=1S/C33H27O3P/c1-35-33(34)26-23-21-25(22-24-26)32-30-19-11-12-20-31(30)37(36-32,27-13-5-2-6-14-27,28-15-7-3-8-16-28)29-17-9-4-10-18-29/h2-24,32H,1H3/t32-/m0/s1. The molecular formula is C33H27O3P. The maximum atomic E-state index is 12.1. The van der Waals surface area contributed by atoms with Crippen LogP contribution in [-0.2, 0) is 9.26 Å². The molecule has 0 aromatic heterocycles. The number of hydrogen-bond acceptors (Lipinski definition) is 3. The molecule has 0 aliphatic carbocycles. The molecule has 0 unspecified atom stereocenters. The molecule has 0 spiro atoms. The van der Waals surface area contributed by atoms with Crippen molar-refractivity contribution in [3.8, 4) is 0 Å². The van der Waals surface area contributed by atoms with Crippen LogP contribution in [-0.4, -0.2) is 13.1 Å². The molecule has 1 heterocycles. The van der Waals surface area contributed by atoms with E-state index in [1.54, 1.807) is 0 Å². The van der Waals surface area contributed by atoms with Crippen molar-refractivity contribution in [1.29, 1.82) is 0 Å². The third-order valence-electron chi connectivity index (χ3n) is 7.38. The van der Waals surface area contributed by atoms with Crippen molar-refractivity contribution in [2.45, 2.75) is 6.10 Å². The third-order valence-corrected chi connectivity index (χ3v) is 13.2. The predicted octanol–water partition coefficient (Wildman–Crippen LogP) is 5.66. The first-order chi connectivity index (χ1) is 18.2. The summed E-state index contributed by atoms with van der Waals surface area (Å²) in [5.74, 6) is -0.350. The fourth-order valence-electron chi connectivity index (χ4n) is 5.76. The topological polar surface area (TPSA) is 35.5 Å². The zero-order valence-electron chi connectivity index (χ0n) is 20.5. The molecule has 0 amide bonds. The quantitative estimate of drug-likeness (QED) is 0.230. The Kier molecular flexibility index (Phi) is 5.76. The van der Waals surface area contributed by atoms with Gasteiger partial charge in [0.05, 0.1) is 0 Å². The first-order valence-electron chi connectivity index (χ1n) is 12.3. The molecule has 0 bridgehead atoms. The summed E-state index contributed by atoms with van der Waals surface area (Å²) >= 11 is 0. The molecule has 1 aliphatic heterocycles. The molecule has 0 N–H and O–H groups in total. The Morgan fingerprint density at radius 1 is 0.622 bits per heavy atom. The van der Waals surface area contributed by atoms with Gasteiger partial charge in [-0.1, -0.05) is 0 Å². The van der Waals surface area contributed by atoms with Gasteiger partial charge in [-0.15, -0.1) is 0 Å². The molecule has 1 atom stereocenters. The van der Waals surface area contributed by atoms with E-state index in [-0.39, 0.29) is 12.1 Å². The van der Waals surface area contributed by atoms with Gasteiger partial charge in [0.1, 0.15) is 0 Å². The van der Waals surface area contributed by atoms with Gasteiger partial charge in [-0.05, 0) is 0 Å². The fraction of sp³-hybridized carbons (Fsp3) is 0.0606. The van der Waals surface area contributed by atoms with Crippen molar-refractivity contribution in [2.75, 3.05) is 7.11 Å². The average molecular weight is 503 g/mol. The first-order valence-corrected chi connectivity index (χ1v) is 14.5. The monoisotopic (exact) mass is 502 g/mol. The van der Waals surface area contributed by atoms with E-state index >= 15 is 0 Å². The average Bonchev–Trinajstić information content (AvgIpc) is 3.32. The molecule has 5 aromatic carbocycles. The van der Waals surface area contributed by atoms with Crippen LogP contribution in [0.3, 0.4) is 0 Å².